The van der Waals surface area contributed by atoms with Crippen LogP contribution in [0.5, 0.6) is 0 Å². The van der Waals surface area contributed by atoms with Crippen molar-refractivity contribution in [3.63, 3.8) is 0 Å². The fourth-order valence-corrected chi connectivity index (χ4v) is 3.73. The van der Waals surface area contributed by atoms with Gasteiger partial charge in [-0.1, -0.05) is 6.07 Å². The van der Waals surface area contributed by atoms with E-state index in [4.69, 9.17) is 4.74 Å². The normalized spacial score (nSPS) is 15.8. The number of carbonyl (C=O) groups excluding carboxylic acids is 2. The van der Waals surface area contributed by atoms with Crippen molar-refractivity contribution in [1.29, 1.82) is 0 Å². The van der Waals surface area contributed by atoms with Gasteiger partial charge in [0.05, 0.1) is 30.0 Å². The second kappa shape index (κ2) is 8.86. The quantitative estimate of drug-likeness (QED) is 0.609. The minimum atomic E-state index is -2.73. The molecule has 0 radical (unpaired) electrons. The number of carbonyl (C=O) groups is 2. The van der Waals surface area contributed by atoms with Gasteiger partial charge in [0.15, 0.2) is 0 Å². The number of anilines is 2. The first kappa shape index (κ1) is 21.6. The molecule has 0 saturated carbocycles. The molecule has 9 heteroatoms. The van der Waals surface area contributed by atoms with Crippen LogP contribution in [-0.2, 0) is 4.74 Å². The molecule has 166 valence electrons. The number of fused-ring (bicyclic) bond motifs is 1. The van der Waals surface area contributed by atoms with Gasteiger partial charge in [-0.2, -0.15) is 0 Å². The average Bonchev–Trinajstić information content (AvgIpc) is 2.98. The van der Waals surface area contributed by atoms with Crippen molar-refractivity contribution in [3.8, 4) is 0 Å². The highest BCUT2D eigenvalue weighted by atomic mass is 19.3. The molecule has 1 amide bonds. The highest BCUT2D eigenvalue weighted by Gasteiger charge is 2.33. The molecule has 0 atom stereocenters. The monoisotopic (exact) mass is 440 g/mol. The molecule has 1 aliphatic heterocycles. The number of nitrogens with zero attached hydrogens (tertiary/aromatic N) is 3. The fourth-order valence-electron chi connectivity index (χ4n) is 3.73. The first-order valence-electron chi connectivity index (χ1n) is 10.2. The number of ether oxygens (including phenoxy) is 1. The van der Waals surface area contributed by atoms with Gasteiger partial charge in [0.25, 0.3) is 5.91 Å². The molecule has 1 fully saturated rings. The zero-order valence-corrected chi connectivity index (χ0v) is 17.5. The molecule has 0 unspecified atom stereocenters. The van der Waals surface area contributed by atoms with E-state index in [2.05, 4.69) is 15.3 Å². The molecule has 0 bridgehead atoms. The van der Waals surface area contributed by atoms with E-state index < -0.39 is 17.8 Å². The van der Waals surface area contributed by atoms with E-state index in [-0.39, 0.29) is 24.9 Å². The van der Waals surface area contributed by atoms with E-state index in [9.17, 15) is 18.4 Å². The molecule has 7 nitrogen and oxygen atoms in total. The van der Waals surface area contributed by atoms with Crippen LogP contribution in [0.4, 0.5) is 20.3 Å². The van der Waals surface area contributed by atoms with Crippen molar-refractivity contribution >= 4 is 34.3 Å². The highest BCUT2D eigenvalue weighted by Crippen LogP contribution is 2.32. The van der Waals surface area contributed by atoms with Gasteiger partial charge >= 0.3 is 5.97 Å². The summed E-state index contributed by atoms with van der Waals surface area (Å²) in [6.45, 7) is 0.455. The van der Waals surface area contributed by atoms with Gasteiger partial charge in [-0.3, -0.25) is 9.78 Å². The number of methoxy groups -OCH3 is 1. The predicted octanol–water partition coefficient (Wildman–Crippen LogP) is 4.29. The standard InChI is InChI=1S/C23H22F2N4O3/c1-32-22(31)16-4-2-5-17(12-16)27-21(30)18-13-15-6-9-26-14-19(15)28-20(18)29-10-3-7-23(24,25)8-11-29/h2,4-6,9,12-14H,3,7-8,10-11H2,1H3,(H,27,30). The number of rotatable bonds is 4. The Labute approximate surface area is 183 Å². The number of pyridine rings is 2. The van der Waals surface area contributed by atoms with Crippen LogP contribution in [0.15, 0.2) is 48.8 Å². The Morgan fingerprint density at radius 2 is 2.00 bits per heavy atom. The van der Waals surface area contributed by atoms with E-state index in [1.165, 1.54) is 13.2 Å². The van der Waals surface area contributed by atoms with Gasteiger partial charge in [-0.25, -0.2) is 18.6 Å². The van der Waals surface area contributed by atoms with Crippen LogP contribution < -0.4 is 10.2 Å². The molecule has 2 aromatic heterocycles. The molecule has 1 aromatic carbocycles. The Morgan fingerprint density at radius 1 is 1.16 bits per heavy atom. The van der Waals surface area contributed by atoms with Crippen molar-refractivity contribution in [3.05, 3.63) is 59.9 Å². The van der Waals surface area contributed by atoms with Crippen molar-refractivity contribution in [2.75, 3.05) is 30.4 Å². The maximum Gasteiger partial charge on any atom is 0.337 e. The van der Waals surface area contributed by atoms with Crippen molar-refractivity contribution in [2.24, 2.45) is 0 Å². The molecule has 0 aliphatic carbocycles. The first-order valence-corrected chi connectivity index (χ1v) is 10.2. The lowest BCUT2D eigenvalue weighted by Crippen LogP contribution is -2.29. The summed E-state index contributed by atoms with van der Waals surface area (Å²) in [4.78, 5) is 35.4. The van der Waals surface area contributed by atoms with Gasteiger partial charge in [-0.05, 0) is 36.8 Å². The summed E-state index contributed by atoms with van der Waals surface area (Å²) in [6.07, 6.45) is 2.97. The molecular weight excluding hydrogens is 418 g/mol. The number of amides is 1. The maximum atomic E-state index is 13.9. The van der Waals surface area contributed by atoms with Gasteiger partial charge in [0, 0.05) is 43.2 Å². The lowest BCUT2D eigenvalue weighted by atomic mass is 10.1. The summed E-state index contributed by atoms with van der Waals surface area (Å²) >= 11 is 0. The highest BCUT2D eigenvalue weighted by molar-refractivity contribution is 6.10. The second-order valence-corrected chi connectivity index (χ2v) is 7.65. The molecule has 1 saturated heterocycles. The number of benzene rings is 1. The minimum Gasteiger partial charge on any atom is -0.465 e. The Hall–Kier alpha value is -3.62. The van der Waals surface area contributed by atoms with Crippen molar-refractivity contribution < 1.29 is 23.1 Å². The van der Waals surface area contributed by atoms with Crippen LogP contribution in [-0.4, -0.2) is 48.0 Å². The molecule has 0 spiro atoms. The SMILES string of the molecule is COC(=O)c1cccc(NC(=O)c2cc3ccncc3nc2N2CCCC(F)(F)CC2)c1. The summed E-state index contributed by atoms with van der Waals surface area (Å²) in [6, 6.07) is 9.78. The minimum absolute atomic E-state index is 0.0872. The van der Waals surface area contributed by atoms with Gasteiger partial charge in [0.1, 0.15) is 5.82 Å². The summed E-state index contributed by atoms with van der Waals surface area (Å²) in [7, 11) is 1.28. The second-order valence-electron chi connectivity index (χ2n) is 7.65. The van der Waals surface area contributed by atoms with Crippen LogP contribution in [0.2, 0.25) is 0 Å². The number of nitrogens with one attached hydrogen (secondary N) is 1. The Kier molecular flexibility index (Phi) is 5.98. The summed E-state index contributed by atoms with van der Waals surface area (Å²) < 4.78 is 32.5. The summed E-state index contributed by atoms with van der Waals surface area (Å²) in [5.74, 6) is -3.37. The third-order valence-corrected chi connectivity index (χ3v) is 5.40. The molecule has 32 heavy (non-hydrogen) atoms. The molecule has 1 N–H and O–H groups in total. The van der Waals surface area contributed by atoms with Gasteiger partial charge in [0.2, 0.25) is 5.92 Å². The lowest BCUT2D eigenvalue weighted by Gasteiger charge is -2.24. The van der Waals surface area contributed by atoms with Crippen molar-refractivity contribution in [2.45, 2.75) is 25.2 Å². The topological polar surface area (TPSA) is 84.4 Å². The van der Waals surface area contributed by atoms with Crippen LogP contribution in [0.3, 0.4) is 0 Å². The molecule has 4 rings (SSSR count). The van der Waals surface area contributed by atoms with E-state index in [0.717, 1.165) is 0 Å². The Balaban J connectivity index is 1.70. The molecule has 1 aliphatic rings. The number of aromatic nitrogens is 2. The summed E-state index contributed by atoms with van der Waals surface area (Å²) in [5.41, 5.74) is 1.53. The first-order chi connectivity index (χ1) is 15.4. The Morgan fingerprint density at radius 3 is 2.81 bits per heavy atom. The van der Waals surface area contributed by atoms with Gasteiger partial charge < -0.3 is 15.0 Å². The maximum absolute atomic E-state index is 13.9. The lowest BCUT2D eigenvalue weighted by molar-refractivity contribution is -0.0102. The largest absolute Gasteiger partial charge is 0.465 e. The van der Waals surface area contributed by atoms with Gasteiger partial charge in [-0.15, -0.1) is 0 Å². The van der Waals surface area contributed by atoms with Crippen LogP contribution in [0.1, 0.15) is 40.0 Å². The number of alkyl halides is 2. The molecular formula is C23H22F2N4O3. The smallest absolute Gasteiger partial charge is 0.337 e. The van der Waals surface area contributed by atoms with Crippen LogP contribution in [0, 0.1) is 0 Å². The summed E-state index contributed by atoms with van der Waals surface area (Å²) in [5, 5.41) is 3.48. The van der Waals surface area contributed by atoms with E-state index in [1.807, 2.05) is 0 Å². The third kappa shape index (κ3) is 4.66. The van der Waals surface area contributed by atoms with E-state index >= 15 is 0 Å². The third-order valence-electron chi connectivity index (χ3n) is 5.40. The fraction of sp³-hybridized carbons (Fsp3) is 0.304. The number of halogens is 2. The molecule has 3 heterocycles. The van der Waals surface area contributed by atoms with E-state index in [1.54, 1.807) is 47.6 Å². The predicted molar refractivity (Wildman–Crippen MR) is 116 cm³/mol. The van der Waals surface area contributed by atoms with Crippen LogP contribution in [0.25, 0.3) is 10.9 Å². The number of hydrogen-bond acceptors (Lipinski definition) is 6. The van der Waals surface area contributed by atoms with Crippen LogP contribution >= 0.6 is 0 Å². The Bertz CT molecular complexity index is 1170. The zero-order valence-electron chi connectivity index (χ0n) is 17.5. The van der Waals surface area contributed by atoms with Crippen molar-refractivity contribution in [1.82, 2.24) is 9.97 Å². The number of hydrogen-bond donors (Lipinski definition) is 1. The number of esters is 1. The molecule has 3 aromatic rings. The average molecular weight is 440 g/mol. The van der Waals surface area contributed by atoms with E-state index in [0.29, 0.717) is 40.9 Å². The zero-order chi connectivity index (χ0) is 22.7.